The molecule has 1 saturated heterocycles. The molecule has 0 bridgehead atoms. The van der Waals surface area contributed by atoms with Crippen LogP contribution < -0.4 is 5.32 Å². The fourth-order valence-electron chi connectivity index (χ4n) is 3.30. The average Bonchev–Trinajstić information content (AvgIpc) is 3.26. The Morgan fingerprint density at radius 2 is 1.77 bits per heavy atom. The third kappa shape index (κ3) is 4.69. The van der Waals surface area contributed by atoms with Gasteiger partial charge in [-0.3, -0.25) is 4.79 Å². The van der Waals surface area contributed by atoms with Crippen LogP contribution in [0.3, 0.4) is 0 Å². The number of aryl methyl sites for hydroxylation is 1. The van der Waals surface area contributed by atoms with Crippen molar-refractivity contribution in [3.63, 3.8) is 0 Å². The third-order valence-corrected chi connectivity index (χ3v) is 8.17. The van der Waals surface area contributed by atoms with Gasteiger partial charge in [0.1, 0.15) is 5.82 Å². The summed E-state index contributed by atoms with van der Waals surface area (Å²) in [4.78, 5) is 14.2. The van der Waals surface area contributed by atoms with E-state index in [0.29, 0.717) is 42.4 Å². The molecule has 0 saturated carbocycles. The number of amides is 1. The number of ether oxygens (including phenoxy) is 1. The summed E-state index contributed by atoms with van der Waals surface area (Å²) in [5, 5.41) is 2.78. The molecule has 162 valence electrons. The third-order valence-electron chi connectivity index (χ3n) is 4.99. The van der Waals surface area contributed by atoms with Crippen LogP contribution in [0.2, 0.25) is 0 Å². The summed E-state index contributed by atoms with van der Waals surface area (Å²) >= 11 is 1.28. The second-order valence-corrected chi connectivity index (χ2v) is 10.1. The van der Waals surface area contributed by atoms with Crippen LogP contribution in [0, 0.1) is 12.7 Å². The number of nitrogens with one attached hydrogen (secondary N) is 1. The molecule has 2 aromatic carbocycles. The van der Waals surface area contributed by atoms with Crippen molar-refractivity contribution >= 4 is 33.0 Å². The van der Waals surface area contributed by atoms with Gasteiger partial charge in [-0.25, -0.2) is 12.8 Å². The van der Waals surface area contributed by atoms with Gasteiger partial charge in [-0.15, -0.1) is 11.3 Å². The summed E-state index contributed by atoms with van der Waals surface area (Å²) in [6.07, 6.45) is 0. The number of thiophene rings is 1. The molecule has 1 N–H and O–H groups in total. The summed E-state index contributed by atoms with van der Waals surface area (Å²) < 4.78 is 45.8. The maximum atomic E-state index is 13.1. The van der Waals surface area contributed by atoms with E-state index in [-0.39, 0.29) is 16.6 Å². The van der Waals surface area contributed by atoms with Crippen molar-refractivity contribution in [3.05, 3.63) is 70.9 Å². The number of hydrogen-bond acceptors (Lipinski definition) is 5. The van der Waals surface area contributed by atoms with Crippen LogP contribution in [-0.2, 0) is 14.8 Å². The van der Waals surface area contributed by atoms with Crippen molar-refractivity contribution in [3.8, 4) is 10.4 Å². The normalized spacial score (nSPS) is 15.0. The first-order valence-corrected chi connectivity index (χ1v) is 12.0. The lowest BCUT2D eigenvalue weighted by atomic mass is 10.2. The SMILES string of the molecule is Cc1ccc(NC(=O)c2ccc(-c3ccc(F)cc3)s2)cc1S(=O)(=O)N1CCOCC1. The van der Waals surface area contributed by atoms with Gasteiger partial charge in [0.15, 0.2) is 0 Å². The van der Waals surface area contributed by atoms with E-state index in [9.17, 15) is 17.6 Å². The molecule has 3 aromatic rings. The summed E-state index contributed by atoms with van der Waals surface area (Å²) in [5.74, 6) is -0.655. The molecule has 1 aliphatic heterocycles. The number of sulfonamides is 1. The molecule has 0 aliphatic carbocycles. The fourth-order valence-corrected chi connectivity index (χ4v) is 5.87. The van der Waals surface area contributed by atoms with Crippen molar-refractivity contribution in [2.24, 2.45) is 0 Å². The Morgan fingerprint density at radius 1 is 1.06 bits per heavy atom. The van der Waals surface area contributed by atoms with E-state index in [1.165, 1.54) is 33.8 Å². The van der Waals surface area contributed by atoms with Gasteiger partial charge in [-0.2, -0.15) is 4.31 Å². The minimum absolute atomic E-state index is 0.172. The Morgan fingerprint density at radius 3 is 2.48 bits per heavy atom. The molecule has 9 heteroatoms. The number of halogens is 1. The van der Waals surface area contributed by atoms with Crippen LogP contribution in [-0.4, -0.2) is 44.9 Å². The van der Waals surface area contributed by atoms with Crippen LogP contribution in [0.5, 0.6) is 0 Å². The number of benzene rings is 2. The van der Waals surface area contributed by atoms with Gasteiger partial charge in [0.05, 0.1) is 23.0 Å². The highest BCUT2D eigenvalue weighted by atomic mass is 32.2. The highest BCUT2D eigenvalue weighted by Gasteiger charge is 2.28. The smallest absolute Gasteiger partial charge is 0.265 e. The Balaban J connectivity index is 1.54. The Hall–Kier alpha value is -2.59. The second-order valence-electron chi connectivity index (χ2n) is 7.12. The summed E-state index contributed by atoms with van der Waals surface area (Å²) in [7, 11) is -3.68. The van der Waals surface area contributed by atoms with E-state index in [4.69, 9.17) is 4.74 Å². The monoisotopic (exact) mass is 460 g/mol. The van der Waals surface area contributed by atoms with Gasteiger partial charge < -0.3 is 10.1 Å². The number of nitrogens with zero attached hydrogens (tertiary/aromatic N) is 1. The molecule has 2 heterocycles. The van der Waals surface area contributed by atoms with E-state index >= 15 is 0 Å². The van der Waals surface area contributed by atoms with Gasteiger partial charge in [0.25, 0.3) is 5.91 Å². The Labute approximate surface area is 184 Å². The molecular formula is C22H21FN2O4S2. The molecule has 4 rings (SSSR count). The Bertz CT molecular complexity index is 1200. The molecular weight excluding hydrogens is 439 g/mol. The summed E-state index contributed by atoms with van der Waals surface area (Å²) in [6, 6.07) is 14.4. The van der Waals surface area contributed by atoms with Crippen LogP contribution in [0.25, 0.3) is 10.4 Å². The zero-order valence-electron chi connectivity index (χ0n) is 16.8. The number of anilines is 1. The summed E-state index contributed by atoms with van der Waals surface area (Å²) in [5.41, 5.74) is 1.83. The van der Waals surface area contributed by atoms with E-state index < -0.39 is 10.0 Å². The first-order valence-electron chi connectivity index (χ1n) is 9.70. The predicted octanol–water partition coefficient (Wildman–Crippen LogP) is 4.14. The number of morpholine rings is 1. The molecule has 1 aliphatic rings. The molecule has 1 aromatic heterocycles. The minimum atomic E-state index is -3.68. The van der Waals surface area contributed by atoms with E-state index in [1.807, 2.05) is 0 Å². The van der Waals surface area contributed by atoms with E-state index in [1.54, 1.807) is 43.3 Å². The maximum absolute atomic E-state index is 13.1. The topological polar surface area (TPSA) is 75.7 Å². The quantitative estimate of drug-likeness (QED) is 0.621. The van der Waals surface area contributed by atoms with Crippen LogP contribution in [0.15, 0.2) is 59.5 Å². The molecule has 31 heavy (non-hydrogen) atoms. The number of carbonyl (C=O) groups excluding carboxylic acids is 1. The predicted molar refractivity (Wildman–Crippen MR) is 118 cm³/mol. The number of rotatable bonds is 5. The molecule has 0 atom stereocenters. The van der Waals surface area contributed by atoms with Gasteiger partial charge in [0.2, 0.25) is 10.0 Å². The van der Waals surface area contributed by atoms with Crippen molar-refractivity contribution < 1.29 is 22.3 Å². The maximum Gasteiger partial charge on any atom is 0.265 e. The first-order chi connectivity index (χ1) is 14.8. The van der Waals surface area contributed by atoms with Gasteiger partial charge in [-0.05, 0) is 54.4 Å². The molecule has 1 amide bonds. The minimum Gasteiger partial charge on any atom is -0.379 e. The zero-order chi connectivity index (χ0) is 22.0. The standard InChI is InChI=1S/C22H21FN2O4S2/c1-15-2-7-18(14-21(15)31(27,28)25-10-12-29-13-11-25)24-22(26)20-9-8-19(30-20)16-3-5-17(23)6-4-16/h2-9,14H,10-13H2,1H3,(H,24,26). The number of hydrogen-bond donors (Lipinski definition) is 1. The van der Waals surface area contributed by atoms with Gasteiger partial charge in [0, 0.05) is 23.7 Å². The lowest BCUT2D eigenvalue weighted by Gasteiger charge is -2.26. The molecule has 0 radical (unpaired) electrons. The first kappa shape index (κ1) is 21.6. The van der Waals surface area contributed by atoms with Crippen molar-refractivity contribution in [1.82, 2.24) is 4.31 Å². The molecule has 0 unspecified atom stereocenters. The van der Waals surface area contributed by atoms with Crippen molar-refractivity contribution in [2.75, 3.05) is 31.6 Å². The zero-order valence-corrected chi connectivity index (χ0v) is 18.4. The number of carbonyl (C=O) groups is 1. The second kappa shape index (κ2) is 8.88. The lowest BCUT2D eigenvalue weighted by molar-refractivity contribution is 0.0730. The average molecular weight is 461 g/mol. The highest BCUT2D eigenvalue weighted by molar-refractivity contribution is 7.89. The van der Waals surface area contributed by atoms with Crippen LogP contribution >= 0.6 is 11.3 Å². The van der Waals surface area contributed by atoms with Crippen LogP contribution in [0.4, 0.5) is 10.1 Å². The Kier molecular flexibility index (Phi) is 6.19. The van der Waals surface area contributed by atoms with Gasteiger partial charge in [-0.1, -0.05) is 18.2 Å². The fraction of sp³-hybridized carbons (Fsp3) is 0.227. The van der Waals surface area contributed by atoms with Crippen molar-refractivity contribution in [2.45, 2.75) is 11.8 Å². The highest BCUT2D eigenvalue weighted by Crippen LogP contribution is 2.29. The van der Waals surface area contributed by atoms with E-state index in [2.05, 4.69) is 5.32 Å². The lowest BCUT2D eigenvalue weighted by Crippen LogP contribution is -2.40. The molecule has 0 spiro atoms. The van der Waals surface area contributed by atoms with Crippen molar-refractivity contribution in [1.29, 1.82) is 0 Å². The van der Waals surface area contributed by atoms with E-state index in [0.717, 1.165) is 10.4 Å². The molecule has 6 nitrogen and oxygen atoms in total. The van der Waals surface area contributed by atoms with Crippen LogP contribution in [0.1, 0.15) is 15.2 Å². The molecule has 1 fully saturated rings. The van der Waals surface area contributed by atoms with Gasteiger partial charge >= 0.3 is 0 Å². The largest absolute Gasteiger partial charge is 0.379 e. The summed E-state index contributed by atoms with van der Waals surface area (Å²) in [6.45, 7) is 3.07.